The molecule has 11 N–H and O–H groups in total. The predicted molar refractivity (Wildman–Crippen MR) is 172 cm³/mol. The van der Waals surface area contributed by atoms with Gasteiger partial charge in [-0.1, -0.05) is 0 Å². The Balaban J connectivity index is 1.88. The van der Waals surface area contributed by atoms with E-state index in [-0.39, 0.29) is 0 Å². The summed E-state index contributed by atoms with van der Waals surface area (Å²) >= 11 is 0. The van der Waals surface area contributed by atoms with E-state index >= 15 is 0 Å². The zero-order valence-corrected chi connectivity index (χ0v) is 33.0. The van der Waals surface area contributed by atoms with Crippen molar-refractivity contribution >= 4 is 47.6 Å². The van der Waals surface area contributed by atoms with Gasteiger partial charge in [-0.15, -0.1) is 0 Å². The van der Waals surface area contributed by atoms with Gasteiger partial charge in [0.05, 0.1) is 18.3 Å². The first-order valence-corrected chi connectivity index (χ1v) is 21.8. The summed E-state index contributed by atoms with van der Waals surface area (Å²) in [5.74, 6) is -1.98. The van der Waals surface area contributed by atoms with E-state index in [9.17, 15) is 92.4 Å². The predicted octanol–water partition coefficient (Wildman–Crippen LogP) is -7.27. The van der Waals surface area contributed by atoms with Crippen molar-refractivity contribution in [3.05, 3.63) is 0 Å². The minimum absolute atomic E-state index is 0.885. The molecule has 35 heteroatoms. The van der Waals surface area contributed by atoms with Crippen LogP contribution >= 0.6 is 0 Å². The maximum atomic E-state index is 12.1. The van der Waals surface area contributed by atoms with E-state index in [1.807, 2.05) is 0 Å². The first-order chi connectivity index (χ1) is 26.8. The van der Waals surface area contributed by atoms with Crippen molar-refractivity contribution in [2.24, 2.45) is 0 Å². The fraction of sp³-hybridized carbons (Fsp3) is 0.958. The lowest BCUT2D eigenvalue weighted by Gasteiger charge is -2.50. The summed E-state index contributed by atoms with van der Waals surface area (Å²) < 4.78 is 188. The molecule has 0 spiro atoms. The van der Waals surface area contributed by atoms with Crippen molar-refractivity contribution in [1.29, 1.82) is 0 Å². The first-order valence-electron chi connectivity index (χ1n) is 16.3. The number of carboxylic acids is 1. The van der Waals surface area contributed by atoms with Crippen LogP contribution in [0.4, 0.5) is 0 Å². The van der Waals surface area contributed by atoms with Crippen LogP contribution < -0.4 is 0 Å². The van der Waals surface area contributed by atoms with Crippen LogP contribution in [-0.4, -0.2) is 216 Å². The Kier molecular flexibility index (Phi) is 15.8. The molecule has 0 bridgehead atoms. The Morgan fingerprint density at radius 3 is 1.27 bits per heavy atom. The highest BCUT2D eigenvalue weighted by Gasteiger charge is 2.59. The maximum absolute atomic E-state index is 12.1. The molecule has 346 valence electrons. The van der Waals surface area contributed by atoms with E-state index in [0.29, 0.717) is 0 Å². The normalized spacial score (nSPS) is 44.2. The van der Waals surface area contributed by atoms with Crippen LogP contribution in [0.1, 0.15) is 20.8 Å². The second-order valence-electron chi connectivity index (χ2n) is 13.1. The molecule has 0 radical (unpaired) electrons. The molecule has 0 aromatic heterocycles. The molecule has 20 atom stereocenters. The lowest BCUT2D eigenvalue weighted by molar-refractivity contribution is -0.397. The van der Waals surface area contributed by atoms with E-state index in [4.69, 9.17) is 37.3 Å². The summed E-state index contributed by atoms with van der Waals surface area (Å²) in [6.45, 7) is 2.87. The molecule has 0 unspecified atom stereocenters. The van der Waals surface area contributed by atoms with Gasteiger partial charge < -0.3 is 68.9 Å². The second-order valence-corrected chi connectivity index (χ2v) is 17.3. The summed E-state index contributed by atoms with van der Waals surface area (Å²) in [6.07, 6.45) is -46.6. The number of carbonyl (C=O) groups is 1. The quantitative estimate of drug-likeness (QED) is 0.0679. The molecule has 0 aliphatic carbocycles. The lowest BCUT2D eigenvalue weighted by Crippen LogP contribution is -2.68. The minimum atomic E-state index is -5.68. The molecule has 4 aliphatic rings. The molecule has 4 saturated heterocycles. The Labute approximate surface area is 332 Å². The SMILES string of the molecule is C[C@H]1O[C@H](O[C@@H]2[C@@H](O)[C@@H](O)O[C@H](C)[C@@H]2OS(=O)(=O)O)[C@H](O[C@H]2O[C@H](C(=O)O)[C@@H](O)[C@H](O)[C@H]2O)[C@@H](O[C@H]2O[C@H](C)[C@H](OS(=O)(=O)O)[C@H](OS(=O)(=O)O)[C@H]2O)[C@H]1OS(=O)(=O)O. The molecule has 4 aliphatic heterocycles. The fourth-order valence-electron chi connectivity index (χ4n) is 6.34. The summed E-state index contributed by atoms with van der Waals surface area (Å²) in [7, 11) is -22.3. The van der Waals surface area contributed by atoms with Gasteiger partial charge in [0, 0.05) is 0 Å². The monoisotopic (exact) mass is 952 g/mol. The number of ether oxygens (including phenoxy) is 7. The average molecular weight is 953 g/mol. The molecule has 0 saturated carbocycles. The van der Waals surface area contributed by atoms with Crippen molar-refractivity contribution in [3.8, 4) is 0 Å². The van der Waals surface area contributed by atoms with Crippen LogP contribution in [0.5, 0.6) is 0 Å². The maximum Gasteiger partial charge on any atom is 0.397 e. The molecule has 0 aromatic rings. The lowest BCUT2D eigenvalue weighted by atomic mass is 9.95. The van der Waals surface area contributed by atoms with E-state index in [0.717, 1.165) is 20.8 Å². The van der Waals surface area contributed by atoms with Crippen molar-refractivity contribution in [1.82, 2.24) is 0 Å². The molecule has 4 fully saturated rings. The van der Waals surface area contributed by atoms with Crippen LogP contribution in [0, 0.1) is 0 Å². The summed E-state index contributed by atoms with van der Waals surface area (Å²) in [5.41, 5.74) is 0. The molecule has 59 heavy (non-hydrogen) atoms. The Morgan fingerprint density at radius 2 is 0.797 bits per heavy atom. The van der Waals surface area contributed by atoms with E-state index in [1.54, 1.807) is 0 Å². The molecular weight excluding hydrogens is 913 g/mol. The Bertz CT molecular complexity index is 1910. The number of aliphatic hydroxyl groups is 6. The van der Waals surface area contributed by atoms with Crippen LogP contribution in [0.15, 0.2) is 0 Å². The first kappa shape index (κ1) is 50.1. The number of aliphatic carboxylic acids is 1. The molecular formula is C24H40O31S4. The average Bonchev–Trinajstić information content (AvgIpc) is 3.06. The standard InChI is InChI=1S/C24H40O31S4/c1-4-12(52-56(33,34)35)15(10(28)21(32)45-4)48-24-19(51-22-9(27)7(25)8(26)17(49-22)20(30)31)18(14(6(3)47-24)54-58(39,40)41)50-23-11(29)16(55-59(42,43)44)13(5(2)46-23)53-57(36,37)38/h4-19,21-29,32H,1-3H3,(H,30,31)(H,33,34,35)(H,36,37,38)(H,39,40,41)(H,42,43,44)/t4-,5-,6-,7+,8+,9-,10-,11-,12+,13+,14+,15-,16-,17+,18+,19-,21+,22-,23-,24-/m1/s1. The molecule has 4 rings (SSSR count). The third-order valence-corrected chi connectivity index (χ3v) is 10.7. The van der Waals surface area contributed by atoms with Gasteiger partial charge >= 0.3 is 47.6 Å². The number of rotatable bonds is 15. The Hall–Kier alpha value is -1.57. The van der Waals surface area contributed by atoms with E-state index in [2.05, 4.69) is 12.5 Å². The van der Waals surface area contributed by atoms with Crippen molar-refractivity contribution < 1.29 is 142 Å². The van der Waals surface area contributed by atoms with Crippen molar-refractivity contribution in [3.63, 3.8) is 0 Å². The molecule has 0 amide bonds. The highest BCUT2D eigenvalue weighted by Crippen LogP contribution is 2.38. The highest BCUT2D eigenvalue weighted by atomic mass is 32.3. The van der Waals surface area contributed by atoms with Gasteiger partial charge in [-0.2, -0.15) is 33.7 Å². The summed E-state index contributed by atoms with van der Waals surface area (Å²) in [5, 5.41) is 73.4. The van der Waals surface area contributed by atoms with E-state index in [1.165, 1.54) is 0 Å². The molecule has 31 nitrogen and oxygen atoms in total. The molecule has 4 heterocycles. The summed E-state index contributed by atoms with van der Waals surface area (Å²) in [4.78, 5) is 11.9. The van der Waals surface area contributed by atoms with Crippen molar-refractivity contribution in [2.75, 3.05) is 0 Å². The van der Waals surface area contributed by atoms with Gasteiger partial charge in [0.2, 0.25) is 0 Å². The Morgan fingerprint density at radius 1 is 0.424 bits per heavy atom. The zero-order chi connectivity index (χ0) is 44.9. The van der Waals surface area contributed by atoms with E-state index < -0.39 is 170 Å². The smallest absolute Gasteiger partial charge is 0.397 e. The van der Waals surface area contributed by atoms with Gasteiger partial charge in [0.25, 0.3) is 0 Å². The number of hydrogen-bond acceptors (Lipinski definition) is 26. The number of hydrogen-bond donors (Lipinski definition) is 11. The van der Waals surface area contributed by atoms with Crippen LogP contribution in [0.2, 0.25) is 0 Å². The van der Waals surface area contributed by atoms with Gasteiger partial charge in [-0.3, -0.25) is 18.2 Å². The third kappa shape index (κ3) is 12.8. The van der Waals surface area contributed by atoms with Crippen LogP contribution in [0.25, 0.3) is 0 Å². The number of carboxylic acid groups (broad SMARTS) is 1. The molecule has 0 aromatic carbocycles. The number of aliphatic hydroxyl groups excluding tert-OH is 6. The highest BCUT2D eigenvalue weighted by molar-refractivity contribution is 7.81. The van der Waals surface area contributed by atoms with Crippen LogP contribution in [-0.2, 0) is 96.3 Å². The van der Waals surface area contributed by atoms with Gasteiger partial charge in [0.1, 0.15) is 73.2 Å². The third-order valence-electron chi connectivity index (χ3n) is 8.86. The zero-order valence-electron chi connectivity index (χ0n) is 29.8. The topological polar surface area (TPSA) is 478 Å². The van der Waals surface area contributed by atoms with Crippen molar-refractivity contribution in [2.45, 2.75) is 144 Å². The van der Waals surface area contributed by atoms with Crippen LogP contribution in [0.3, 0.4) is 0 Å². The second kappa shape index (κ2) is 18.6. The van der Waals surface area contributed by atoms with Gasteiger partial charge in [-0.05, 0) is 20.8 Å². The van der Waals surface area contributed by atoms with Gasteiger partial charge in [-0.25, -0.2) is 21.5 Å². The summed E-state index contributed by atoms with van der Waals surface area (Å²) in [6, 6.07) is 0. The fourth-order valence-corrected chi connectivity index (χ4v) is 8.49. The minimum Gasteiger partial charge on any atom is -0.479 e. The largest absolute Gasteiger partial charge is 0.479 e. The van der Waals surface area contributed by atoms with Gasteiger partial charge in [0.15, 0.2) is 31.3 Å².